The Labute approximate surface area is 117 Å². The van der Waals surface area contributed by atoms with Crippen LogP contribution in [0.1, 0.15) is 16.7 Å². The van der Waals surface area contributed by atoms with Gasteiger partial charge in [-0.1, -0.05) is 42.0 Å². The maximum atomic E-state index is 10.2. The minimum atomic E-state index is -0.484. The molecule has 2 aromatic carbocycles. The van der Waals surface area contributed by atoms with Gasteiger partial charge >= 0.3 is 0 Å². The van der Waals surface area contributed by atoms with Crippen LogP contribution in [-0.2, 0) is 6.61 Å². The molecule has 0 saturated heterocycles. The predicted molar refractivity (Wildman–Crippen MR) is 78.0 cm³/mol. The smallest absolute Gasteiger partial charge is 0.235 e. The number of hydrogen-bond acceptors (Lipinski definition) is 3. The molecular formula is C16H15NO3. The van der Waals surface area contributed by atoms with Crippen molar-refractivity contribution in [2.45, 2.75) is 13.5 Å². The van der Waals surface area contributed by atoms with Crippen LogP contribution in [0.25, 0.3) is 6.08 Å². The molecule has 20 heavy (non-hydrogen) atoms. The van der Waals surface area contributed by atoms with Crippen LogP contribution in [0, 0.1) is 17.0 Å². The van der Waals surface area contributed by atoms with E-state index in [0.717, 1.165) is 23.1 Å². The van der Waals surface area contributed by atoms with Crippen LogP contribution < -0.4 is 4.74 Å². The summed E-state index contributed by atoms with van der Waals surface area (Å²) in [5, 5.41) is 10.2. The number of nitrogens with zero attached hydrogens (tertiary/aromatic N) is 1. The van der Waals surface area contributed by atoms with Gasteiger partial charge in [0.2, 0.25) is 6.20 Å². The first-order valence-corrected chi connectivity index (χ1v) is 6.23. The largest absolute Gasteiger partial charge is 0.489 e. The number of aryl methyl sites for hydroxylation is 1. The molecule has 0 aliphatic heterocycles. The second-order valence-electron chi connectivity index (χ2n) is 4.44. The van der Waals surface area contributed by atoms with Crippen molar-refractivity contribution < 1.29 is 9.66 Å². The van der Waals surface area contributed by atoms with E-state index in [1.807, 2.05) is 31.2 Å². The van der Waals surface area contributed by atoms with E-state index in [4.69, 9.17) is 4.74 Å². The maximum Gasteiger partial charge on any atom is 0.235 e. The normalized spacial score (nSPS) is 10.7. The first-order chi connectivity index (χ1) is 9.63. The van der Waals surface area contributed by atoms with Crippen LogP contribution in [0.15, 0.2) is 54.7 Å². The second kappa shape index (κ2) is 6.52. The van der Waals surface area contributed by atoms with Gasteiger partial charge in [0.1, 0.15) is 12.4 Å². The molecule has 0 N–H and O–H groups in total. The summed E-state index contributed by atoms with van der Waals surface area (Å²) in [4.78, 5) is 9.73. The fraction of sp³-hybridized carbons (Fsp3) is 0.125. The molecule has 0 aliphatic carbocycles. The van der Waals surface area contributed by atoms with Crippen molar-refractivity contribution in [1.29, 1.82) is 0 Å². The Morgan fingerprint density at radius 3 is 2.35 bits per heavy atom. The number of nitro groups is 1. The molecule has 0 saturated carbocycles. The van der Waals surface area contributed by atoms with E-state index in [2.05, 4.69) is 0 Å². The molecule has 0 amide bonds. The monoisotopic (exact) mass is 269 g/mol. The molecule has 4 heteroatoms. The van der Waals surface area contributed by atoms with Crippen molar-refractivity contribution in [2.24, 2.45) is 0 Å². The predicted octanol–water partition coefficient (Wildman–Crippen LogP) is 3.82. The molecule has 0 radical (unpaired) electrons. The Kier molecular flexibility index (Phi) is 4.50. The first-order valence-electron chi connectivity index (χ1n) is 6.23. The number of ether oxygens (including phenoxy) is 1. The zero-order chi connectivity index (χ0) is 14.4. The topological polar surface area (TPSA) is 52.4 Å². The molecule has 0 bridgehead atoms. The van der Waals surface area contributed by atoms with Crippen LogP contribution in [0.5, 0.6) is 5.75 Å². The van der Waals surface area contributed by atoms with E-state index in [1.165, 1.54) is 11.6 Å². The Hall–Kier alpha value is -2.62. The van der Waals surface area contributed by atoms with E-state index < -0.39 is 4.92 Å². The fourth-order valence-electron chi connectivity index (χ4n) is 1.67. The number of hydrogen-bond donors (Lipinski definition) is 0. The second-order valence-corrected chi connectivity index (χ2v) is 4.44. The Morgan fingerprint density at radius 2 is 1.75 bits per heavy atom. The maximum absolute atomic E-state index is 10.2. The molecule has 2 aromatic rings. The highest BCUT2D eigenvalue weighted by molar-refractivity contribution is 5.49. The minimum Gasteiger partial charge on any atom is -0.489 e. The molecule has 102 valence electrons. The molecule has 0 atom stereocenters. The van der Waals surface area contributed by atoms with E-state index in [9.17, 15) is 10.1 Å². The van der Waals surface area contributed by atoms with Gasteiger partial charge in [-0.05, 0) is 30.2 Å². The van der Waals surface area contributed by atoms with Gasteiger partial charge in [0.15, 0.2) is 0 Å². The van der Waals surface area contributed by atoms with Crippen LogP contribution in [0.2, 0.25) is 0 Å². The average molecular weight is 269 g/mol. The van der Waals surface area contributed by atoms with Crippen molar-refractivity contribution in [1.82, 2.24) is 0 Å². The fourth-order valence-corrected chi connectivity index (χ4v) is 1.67. The molecule has 0 fully saturated rings. The van der Waals surface area contributed by atoms with Crippen LogP contribution >= 0.6 is 0 Å². The lowest BCUT2D eigenvalue weighted by molar-refractivity contribution is -0.400. The SMILES string of the molecule is Cc1ccc(COc2ccc(C=C[N+](=O)[O-])cc2)cc1. The summed E-state index contributed by atoms with van der Waals surface area (Å²) in [5.74, 6) is 0.740. The lowest BCUT2D eigenvalue weighted by atomic mass is 10.2. The highest BCUT2D eigenvalue weighted by atomic mass is 16.6. The van der Waals surface area contributed by atoms with Crippen LogP contribution in [-0.4, -0.2) is 4.92 Å². The lowest BCUT2D eigenvalue weighted by Gasteiger charge is -2.06. The summed E-state index contributed by atoms with van der Waals surface area (Å²) < 4.78 is 5.65. The summed E-state index contributed by atoms with van der Waals surface area (Å²) in [6.45, 7) is 2.55. The Morgan fingerprint density at radius 1 is 1.10 bits per heavy atom. The Bertz CT molecular complexity index is 601. The van der Waals surface area contributed by atoms with Crippen molar-refractivity contribution in [3.05, 3.63) is 81.5 Å². The van der Waals surface area contributed by atoms with Gasteiger partial charge in [0.05, 0.1) is 4.92 Å². The van der Waals surface area contributed by atoms with E-state index in [1.54, 1.807) is 24.3 Å². The first kappa shape index (κ1) is 13.8. The van der Waals surface area contributed by atoms with Crippen LogP contribution in [0.4, 0.5) is 0 Å². The lowest BCUT2D eigenvalue weighted by Crippen LogP contribution is -1.95. The van der Waals surface area contributed by atoms with Crippen molar-refractivity contribution in [2.75, 3.05) is 0 Å². The van der Waals surface area contributed by atoms with Crippen LogP contribution in [0.3, 0.4) is 0 Å². The summed E-state index contributed by atoms with van der Waals surface area (Å²) in [5.41, 5.74) is 3.09. The molecular weight excluding hydrogens is 254 g/mol. The standard InChI is InChI=1S/C16H15NO3/c1-13-2-4-15(5-3-13)12-20-16-8-6-14(7-9-16)10-11-17(18)19/h2-11H,12H2,1H3. The summed E-state index contributed by atoms with van der Waals surface area (Å²) in [6.07, 6.45) is 2.37. The van der Waals surface area contributed by atoms with Gasteiger partial charge in [-0.3, -0.25) is 10.1 Å². The Balaban J connectivity index is 1.93. The molecule has 4 nitrogen and oxygen atoms in total. The van der Waals surface area contributed by atoms with E-state index in [0.29, 0.717) is 6.61 Å². The highest BCUT2D eigenvalue weighted by Gasteiger charge is 1.97. The summed E-state index contributed by atoms with van der Waals surface area (Å²) in [7, 11) is 0. The average Bonchev–Trinajstić information content (AvgIpc) is 2.45. The van der Waals surface area contributed by atoms with Crippen molar-refractivity contribution >= 4 is 6.08 Å². The molecule has 0 spiro atoms. The van der Waals surface area contributed by atoms with E-state index >= 15 is 0 Å². The summed E-state index contributed by atoms with van der Waals surface area (Å²) in [6, 6.07) is 15.3. The van der Waals surface area contributed by atoms with Gasteiger partial charge in [0, 0.05) is 6.08 Å². The third-order valence-electron chi connectivity index (χ3n) is 2.79. The van der Waals surface area contributed by atoms with Gasteiger partial charge < -0.3 is 4.74 Å². The zero-order valence-corrected chi connectivity index (χ0v) is 11.2. The summed E-state index contributed by atoms with van der Waals surface area (Å²) >= 11 is 0. The van der Waals surface area contributed by atoms with Gasteiger partial charge in [-0.2, -0.15) is 0 Å². The number of rotatable bonds is 5. The van der Waals surface area contributed by atoms with Gasteiger partial charge in [-0.15, -0.1) is 0 Å². The zero-order valence-electron chi connectivity index (χ0n) is 11.2. The molecule has 0 aromatic heterocycles. The third-order valence-corrected chi connectivity index (χ3v) is 2.79. The minimum absolute atomic E-state index is 0.484. The third kappa shape index (κ3) is 4.24. The number of benzene rings is 2. The van der Waals surface area contributed by atoms with E-state index in [-0.39, 0.29) is 0 Å². The quantitative estimate of drug-likeness (QED) is 0.612. The highest BCUT2D eigenvalue weighted by Crippen LogP contribution is 2.15. The van der Waals surface area contributed by atoms with Gasteiger partial charge in [-0.25, -0.2) is 0 Å². The van der Waals surface area contributed by atoms with Gasteiger partial charge in [0.25, 0.3) is 0 Å². The van der Waals surface area contributed by atoms with Crippen molar-refractivity contribution in [3.63, 3.8) is 0 Å². The molecule has 0 unspecified atom stereocenters. The molecule has 2 rings (SSSR count). The molecule has 0 heterocycles. The molecule has 0 aliphatic rings. The van der Waals surface area contributed by atoms with Crippen molar-refractivity contribution in [3.8, 4) is 5.75 Å².